The molecule has 0 bridgehead atoms. The zero-order valence-electron chi connectivity index (χ0n) is 23.2. The lowest BCUT2D eigenvalue weighted by molar-refractivity contribution is -0.143. The van der Waals surface area contributed by atoms with Crippen molar-refractivity contribution >= 4 is 16.7 Å². The van der Waals surface area contributed by atoms with Gasteiger partial charge in [0.15, 0.2) is 12.4 Å². The number of rotatable bonds is 9. The molecule has 6 heteroatoms. The lowest BCUT2D eigenvalue weighted by Crippen LogP contribution is -2.54. The fourth-order valence-electron chi connectivity index (χ4n) is 9.26. The van der Waals surface area contributed by atoms with Crippen LogP contribution in [0.2, 0.25) is 0 Å². The Hall–Kier alpha value is -0.880. The molecule has 5 nitrogen and oxygen atoms in total. The minimum atomic E-state index is -0.207. The molecule has 4 unspecified atom stereocenters. The number of carbonyl (C=O) groups is 1. The van der Waals surface area contributed by atoms with Crippen LogP contribution in [0.5, 0.6) is 0 Å². The maximum atomic E-state index is 12.1. The molecule has 5 rings (SSSR count). The summed E-state index contributed by atoms with van der Waals surface area (Å²) in [5.74, 6) is 5.20. The van der Waals surface area contributed by atoms with Gasteiger partial charge in [0.2, 0.25) is 0 Å². The van der Waals surface area contributed by atoms with Gasteiger partial charge in [0, 0.05) is 17.1 Å². The highest BCUT2D eigenvalue weighted by molar-refractivity contribution is 7.91. The zero-order valence-corrected chi connectivity index (χ0v) is 24.0. The van der Waals surface area contributed by atoms with E-state index in [9.17, 15) is 4.79 Å². The van der Waals surface area contributed by atoms with Gasteiger partial charge in [0.25, 0.3) is 0 Å². The highest BCUT2D eigenvalue weighted by atomic mass is 32.2. The van der Waals surface area contributed by atoms with Gasteiger partial charge in [0.05, 0.1) is 0 Å². The standard InChI is InChI=1S/C30H50N2O3S/c1-21-13-15-29(2)22(18-21)9-10-24-25-11-12-27(30(25,3)16-14-26(24)29)36-20-23(35-32-36)19-34-28(33)8-6-5-7-17-31-4/h20-22,24-27,31H,5-19H2,1-4H3/t21-,22?,24-,25?,26?,27-,29-,30-,36?/m0/s1. The molecule has 0 amide bonds. The van der Waals surface area contributed by atoms with Crippen LogP contribution in [0.25, 0.3) is 0 Å². The van der Waals surface area contributed by atoms with Crippen molar-refractivity contribution in [1.29, 1.82) is 0 Å². The third kappa shape index (κ3) is 5.07. The summed E-state index contributed by atoms with van der Waals surface area (Å²) in [4.78, 5) is 17.9. The quantitative estimate of drug-likeness (QED) is 0.265. The number of carbonyl (C=O) groups excluding carboxylic acids is 1. The number of ether oxygens (including phenoxy) is 1. The van der Waals surface area contributed by atoms with E-state index in [1.807, 2.05) is 7.05 Å². The topological polar surface area (TPSA) is 59.9 Å². The molecule has 4 fully saturated rings. The van der Waals surface area contributed by atoms with Crippen molar-refractivity contribution in [2.45, 2.75) is 109 Å². The van der Waals surface area contributed by atoms with E-state index in [0.29, 0.717) is 22.5 Å². The fourth-order valence-corrected chi connectivity index (χ4v) is 11.4. The van der Waals surface area contributed by atoms with Gasteiger partial charge in [-0.15, -0.1) is 0 Å². The van der Waals surface area contributed by atoms with E-state index in [2.05, 4.69) is 36.0 Å². The van der Waals surface area contributed by atoms with Crippen molar-refractivity contribution < 1.29 is 14.4 Å². The number of fused-ring (bicyclic) bond motifs is 5. The number of nitrogens with one attached hydrogen (secondary N) is 1. The second-order valence-corrected chi connectivity index (χ2v) is 15.0. The summed E-state index contributed by atoms with van der Waals surface area (Å²) in [7, 11) is 1.75. The minimum Gasteiger partial charge on any atom is -0.457 e. The van der Waals surface area contributed by atoms with Crippen LogP contribution in [-0.2, 0) is 25.1 Å². The summed E-state index contributed by atoms with van der Waals surface area (Å²) >= 11 is 0. The van der Waals surface area contributed by atoms with Crippen LogP contribution < -0.4 is 5.32 Å². The van der Waals surface area contributed by atoms with Crippen LogP contribution in [0.4, 0.5) is 0 Å². The molecule has 0 radical (unpaired) electrons. The first kappa shape index (κ1) is 26.7. The molecule has 36 heavy (non-hydrogen) atoms. The first-order valence-corrected chi connectivity index (χ1v) is 16.3. The summed E-state index contributed by atoms with van der Waals surface area (Å²) in [5, 5.41) is 5.93. The Morgan fingerprint density at radius 2 is 1.89 bits per heavy atom. The smallest absolute Gasteiger partial charge is 0.306 e. The molecule has 1 aliphatic heterocycles. The van der Waals surface area contributed by atoms with E-state index < -0.39 is 0 Å². The van der Waals surface area contributed by atoms with Crippen molar-refractivity contribution in [3.63, 3.8) is 0 Å². The highest BCUT2D eigenvalue weighted by Crippen LogP contribution is 2.67. The Balaban J connectivity index is 1.17. The fraction of sp³-hybridized carbons (Fsp3) is 0.900. The normalized spacial score (nSPS) is 43.4. The van der Waals surface area contributed by atoms with Crippen molar-refractivity contribution in [3.8, 4) is 0 Å². The van der Waals surface area contributed by atoms with Crippen LogP contribution in [0, 0.1) is 40.4 Å². The van der Waals surface area contributed by atoms with Crippen molar-refractivity contribution in [2.24, 2.45) is 44.9 Å². The molecule has 4 aliphatic carbocycles. The molecule has 5 aliphatic rings. The molecule has 0 aromatic rings. The van der Waals surface area contributed by atoms with Gasteiger partial charge < -0.3 is 14.9 Å². The number of nitrogens with zero attached hydrogens (tertiary/aromatic N) is 1. The molecule has 0 saturated heterocycles. The summed E-state index contributed by atoms with van der Waals surface area (Å²) in [5.41, 5.74) is 0.958. The van der Waals surface area contributed by atoms with Crippen LogP contribution >= 0.6 is 0 Å². The van der Waals surface area contributed by atoms with Crippen molar-refractivity contribution in [2.75, 3.05) is 20.2 Å². The molecule has 0 aromatic heterocycles. The maximum absolute atomic E-state index is 12.1. The van der Waals surface area contributed by atoms with E-state index in [0.717, 1.165) is 61.2 Å². The highest BCUT2D eigenvalue weighted by Gasteiger charge is 2.60. The van der Waals surface area contributed by atoms with Gasteiger partial charge in [-0.3, -0.25) is 4.79 Å². The lowest BCUT2D eigenvalue weighted by atomic mass is 9.45. The van der Waals surface area contributed by atoms with Gasteiger partial charge in [-0.2, -0.15) is 0 Å². The van der Waals surface area contributed by atoms with Crippen LogP contribution in [-0.4, -0.2) is 31.4 Å². The second kappa shape index (κ2) is 11.1. The van der Waals surface area contributed by atoms with Crippen LogP contribution in [0.3, 0.4) is 0 Å². The summed E-state index contributed by atoms with van der Waals surface area (Å²) in [6.45, 7) is 8.98. The molecule has 9 atom stereocenters. The third-order valence-electron chi connectivity index (χ3n) is 11.3. The van der Waals surface area contributed by atoms with E-state index >= 15 is 0 Å². The minimum absolute atomic E-state index is 0.122. The number of esters is 1. The average Bonchev–Trinajstić information content (AvgIpc) is 3.46. The van der Waals surface area contributed by atoms with Gasteiger partial charge in [0.1, 0.15) is 0 Å². The molecule has 0 spiro atoms. The first-order valence-electron chi connectivity index (χ1n) is 15.0. The van der Waals surface area contributed by atoms with E-state index in [1.165, 1.54) is 57.8 Å². The molecular formula is C30H50N2O3S. The largest absolute Gasteiger partial charge is 0.457 e. The van der Waals surface area contributed by atoms with Crippen LogP contribution in [0.1, 0.15) is 104 Å². The van der Waals surface area contributed by atoms with Gasteiger partial charge in [-0.05, 0) is 129 Å². The summed E-state index contributed by atoms with van der Waals surface area (Å²) in [6.07, 6.45) is 16.2. The lowest BCUT2D eigenvalue weighted by Gasteiger charge is -2.61. The van der Waals surface area contributed by atoms with E-state index in [4.69, 9.17) is 9.57 Å². The molecular weight excluding hydrogens is 468 g/mol. The molecule has 1 heterocycles. The maximum Gasteiger partial charge on any atom is 0.306 e. The van der Waals surface area contributed by atoms with Gasteiger partial charge in [-0.1, -0.05) is 38.1 Å². The third-order valence-corrected chi connectivity index (χ3v) is 13.4. The van der Waals surface area contributed by atoms with Gasteiger partial charge >= 0.3 is 5.97 Å². The molecule has 204 valence electrons. The Morgan fingerprint density at radius 3 is 2.72 bits per heavy atom. The second-order valence-electron chi connectivity index (χ2n) is 13.3. The number of hydrogen-bond acceptors (Lipinski definition) is 5. The Kier molecular flexibility index (Phi) is 8.22. The first-order chi connectivity index (χ1) is 17.3. The zero-order chi connectivity index (χ0) is 25.3. The van der Waals surface area contributed by atoms with Crippen molar-refractivity contribution in [1.82, 2.24) is 5.32 Å². The predicted octanol–water partition coefficient (Wildman–Crippen LogP) is 6.95. The van der Waals surface area contributed by atoms with Gasteiger partial charge in [-0.25, -0.2) is 0 Å². The number of hydrogen-bond donors (Lipinski definition) is 1. The molecule has 4 saturated carbocycles. The monoisotopic (exact) mass is 518 g/mol. The molecule has 0 aromatic carbocycles. The average molecular weight is 519 g/mol. The molecule has 1 N–H and O–H groups in total. The van der Waals surface area contributed by atoms with E-state index in [1.54, 1.807) is 0 Å². The SMILES string of the molecule is CNCCCCCC(=O)OCC1=CS([C@H]2CCC3[C@@H]4CCC5C[C@@H](C)CC[C@]5(C)C4CC[C@@]32C)=NO1. The Labute approximate surface area is 222 Å². The Bertz CT molecular complexity index is 874. The van der Waals surface area contributed by atoms with Crippen molar-refractivity contribution in [3.05, 3.63) is 11.2 Å². The predicted molar refractivity (Wildman–Crippen MR) is 147 cm³/mol. The summed E-state index contributed by atoms with van der Waals surface area (Å²) < 4.78 is 10.1. The summed E-state index contributed by atoms with van der Waals surface area (Å²) in [6, 6.07) is 0. The van der Waals surface area contributed by atoms with E-state index in [-0.39, 0.29) is 23.3 Å². The number of unbranched alkanes of at least 4 members (excludes halogenated alkanes) is 2. The van der Waals surface area contributed by atoms with Crippen LogP contribution in [0.15, 0.2) is 15.7 Å². The Morgan fingerprint density at radius 1 is 1.08 bits per heavy atom.